The molecule has 0 bridgehead atoms. The molecule has 0 amide bonds. The molecule has 1 aliphatic heterocycles. The van der Waals surface area contributed by atoms with Crippen molar-refractivity contribution in [1.29, 1.82) is 5.26 Å². The minimum atomic E-state index is 0.360. The largest absolute Gasteiger partial charge is 0.398 e. The normalized spacial score (nSPS) is 20.0. The smallest absolute Gasteiger partial charge is 0.0670 e. The van der Waals surface area contributed by atoms with Crippen molar-refractivity contribution in [3.63, 3.8) is 0 Å². The Labute approximate surface area is 102 Å². The first-order valence-electron chi connectivity index (χ1n) is 5.82. The van der Waals surface area contributed by atoms with Gasteiger partial charge in [-0.15, -0.1) is 0 Å². The fraction of sp³-hybridized carbons (Fsp3) is 0.462. The van der Waals surface area contributed by atoms with Gasteiger partial charge in [0.15, 0.2) is 0 Å². The molecule has 1 fully saturated rings. The van der Waals surface area contributed by atoms with Crippen molar-refractivity contribution in [3.8, 4) is 6.07 Å². The van der Waals surface area contributed by atoms with Crippen molar-refractivity contribution in [1.82, 2.24) is 0 Å². The van der Waals surface area contributed by atoms with Gasteiger partial charge in [-0.2, -0.15) is 5.26 Å². The molecule has 1 atom stereocenters. The predicted octanol–water partition coefficient (Wildman–Crippen LogP) is 1.56. The molecule has 0 spiro atoms. The summed E-state index contributed by atoms with van der Waals surface area (Å²) in [6.07, 6.45) is 0.360. The molecule has 1 heterocycles. The highest BCUT2D eigenvalue weighted by atomic mass is 16.5. The van der Waals surface area contributed by atoms with Gasteiger partial charge in [-0.25, -0.2) is 0 Å². The van der Waals surface area contributed by atoms with Crippen LogP contribution in [0.25, 0.3) is 0 Å². The van der Waals surface area contributed by atoms with Gasteiger partial charge in [0.05, 0.1) is 25.7 Å². The van der Waals surface area contributed by atoms with Crippen LogP contribution in [0.3, 0.4) is 0 Å². The van der Waals surface area contributed by atoms with Crippen LogP contribution >= 0.6 is 0 Å². The summed E-state index contributed by atoms with van der Waals surface area (Å²) in [5.74, 6) is 0. The molecule has 4 heteroatoms. The average Bonchev–Trinajstić information content (AvgIpc) is 2.33. The summed E-state index contributed by atoms with van der Waals surface area (Å²) in [4.78, 5) is 2.30. The first-order valence-corrected chi connectivity index (χ1v) is 5.82. The van der Waals surface area contributed by atoms with Crippen LogP contribution in [0.2, 0.25) is 0 Å². The lowest BCUT2D eigenvalue weighted by molar-refractivity contribution is 0.0989. The highest BCUT2D eigenvalue weighted by Gasteiger charge is 2.19. The number of nitrogen functional groups attached to an aromatic ring is 1. The first kappa shape index (κ1) is 11.7. The third-order valence-corrected chi connectivity index (χ3v) is 3.10. The van der Waals surface area contributed by atoms with Crippen molar-refractivity contribution in [2.24, 2.45) is 0 Å². The molecule has 1 aromatic carbocycles. The number of ether oxygens (including phenoxy) is 1. The van der Waals surface area contributed by atoms with E-state index in [9.17, 15) is 0 Å². The zero-order valence-corrected chi connectivity index (χ0v) is 10.0. The van der Waals surface area contributed by atoms with Crippen LogP contribution in [-0.2, 0) is 11.2 Å². The standard InChI is InChI=1S/C13H17N3O/c1-10-9-17-7-6-16(10)12-2-3-13(15)11(8-12)4-5-14/h2-3,8,10H,4,6-7,9,15H2,1H3. The van der Waals surface area contributed by atoms with Gasteiger partial charge in [-0.05, 0) is 30.7 Å². The number of hydrogen-bond donors (Lipinski definition) is 1. The van der Waals surface area contributed by atoms with Gasteiger partial charge in [-0.3, -0.25) is 0 Å². The Bertz CT molecular complexity index is 439. The van der Waals surface area contributed by atoms with Crippen molar-refractivity contribution in [3.05, 3.63) is 23.8 Å². The molecule has 0 aliphatic carbocycles. The van der Waals surface area contributed by atoms with Gasteiger partial charge < -0.3 is 15.4 Å². The zero-order valence-electron chi connectivity index (χ0n) is 10.0. The number of benzene rings is 1. The number of nitrogens with zero attached hydrogens (tertiary/aromatic N) is 2. The van der Waals surface area contributed by atoms with Crippen molar-refractivity contribution in [2.45, 2.75) is 19.4 Å². The molecule has 0 aromatic heterocycles. The fourth-order valence-electron chi connectivity index (χ4n) is 2.12. The molecule has 0 saturated carbocycles. The number of anilines is 2. The summed E-state index contributed by atoms with van der Waals surface area (Å²) >= 11 is 0. The second-order valence-corrected chi connectivity index (χ2v) is 4.34. The molecule has 1 unspecified atom stereocenters. The van der Waals surface area contributed by atoms with E-state index in [-0.39, 0.29) is 0 Å². The van der Waals surface area contributed by atoms with Crippen LogP contribution in [0, 0.1) is 11.3 Å². The minimum absolute atomic E-state index is 0.360. The maximum atomic E-state index is 8.76. The lowest BCUT2D eigenvalue weighted by Crippen LogP contribution is -2.43. The molecule has 1 aliphatic rings. The van der Waals surface area contributed by atoms with Crippen LogP contribution in [-0.4, -0.2) is 25.8 Å². The topological polar surface area (TPSA) is 62.3 Å². The predicted molar refractivity (Wildman–Crippen MR) is 67.8 cm³/mol. The van der Waals surface area contributed by atoms with Crippen LogP contribution in [0.15, 0.2) is 18.2 Å². The molecular weight excluding hydrogens is 214 g/mol. The maximum absolute atomic E-state index is 8.76. The molecule has 2 N–H and O–H groups in total. The van der Waals surface area contributed by atoms with Crippen LogP contribution in [0.5, 0.6) is 0 Å². The fourth-order valence-corrected chi connectivity index (χ4v) is 2.12. The van der Waals surface area contributed by atoms with Crippen LogP contribution < -0.4 is 10.6 Å². The SMILES string of the molecule is CC1COCCN1c1ccc(N)c(CC#N)c1. The first-order chi connectivity index (χ1) is 8.22. The third kappa shape index (κ3) is 2.51. The molecule has 1 aromatic rings. The van der Waals surface area contributed by atoms with E-state index in [1.165, 1.54) is 0 Å². The van der Waals surface area contributed by atoms with E-state index in [4.69, 9.17) is 15.7 Å². The number of nitrogens with two attached hydrogens (primary N) is 1. The quantitative estimate of drug-likeness (QED) is 0.785. The molecular formula is C13H17N3O. The number of rotatable bonds is 2. The second-order valence-electron chi connectivity index (χ2n) is 4.34. The van der Waals surface area contributed by atoms with E-state index in [2.05, 4.69) is 17.9 Å². The monoisotopic (exact) mass is 231 g/mol. The molecule has 1 saturated heterocycles. The number of nitriles is 1. The minimum Gasteiger partial charge on any atom is -0.398 e. The van der Waals surface area contributed by atoms with Crippen LogP contribution in [0.1, 0.15) is 12.5 Å². The number of morpholine rings is 1. The lowest BCUT2D eigenvalue weighted by Gasteiger charge is -2.35. The summed E-state index contributed by atoms with van der Waals surface area (Å²) in [5.41, 5.74) is 8.57. The van der Waals surface area contributed by atoms with Crippen molar-refractivity contribution in [2.75, 3.05) is 30.4 Å². The van der Waals surface area contributed by atoms with Gasteiger partial charge in [0.1, 0.15) is 0 Å². The molecule has 0 radical (unpaired) electrons. The van der Waals surface area contributed by atoms with Gasteiger partial charge in [0.2, 0.25) is 0 Å². The van der Waals surface area contributed by atoms with Crippen LogP contribution in [0.4, 0.5) is 11.4 Å². The van der Waals surface area contributed by atoms with Gasteiger partial charge in [0, 0.05) is 24.0 Å². The summed E-state index contributed by atoms with van der Waals surface area (Å²) < 4.78 is 5.42. The maximum Gasteiger partial charge on any atom is 0.0670 e. The van der Waals surface area contributed by atoms with E-state index >= 15 is 0 Å². The Hall–Kier alpha value is -1.73. The second kappa shape index (κ2) is 5.07. The molecule has 2 rings (SSSR count). The lowest BCUT2D eigenvalue weighted by atomic mass is 10.1. The van der Waals surface area contributed by atoms with E-state index < -0.39 is 0 Å². The van der Waals surface area contributed by atoms with E-state index in [0.717, 1.165) is 31.0 Å². The van der Waals surface area contributed by atoms with Gasteiger partial charge in [-0.1, -0.05) is 0 Å². The van der Waals surface area contributed by atoms with Crippen molar-refractivity contribution >= 4 is 11.4 Å². The van der Waals surface area contributed by atoms with E-state index in [1.54, 1.807) is 0 Å². The number of hydrogen-bond acceptors (Lipinski definition) is 4. The summed E-state index contributed by atoms with van der Waals surface area (Å²) in [7, 11) is 0. The Balaban J connectivity index is 2.26. The Kier molecular flexibility index (Phi) is 3.50. The summed E-state index contributed by atoms with van der Waals surface area (Å²) in [5, 5.41) is 8.76. The van der Waals surface area contributed by atoms with Crippen molar-refractivity contribution < 1.29 is 4.74 Å². The molecule has 17 heavy (non-hydrogen) atoms. The average molecular weight is 231 g/mol. The Morgan fingerprint density at radius 2 is 2.41 bits per heavy atom. The third-order valence-electron chi connectivity index (χ3n) is 3.10. The molecule has 4 nitrogen and oxygen atoms in total. The highest BCUT2D eigenvalue weighted by molar-refractivity contribution is 5.59. The molecule has 90 valence electrons. The highest BCUT2D eigenvalue weighted by Crippen LogP contribution is 2.24. The summed E-state index contributed by atoms with van der Waals surface area (Å²) in [6, 6.07) is 8.41. The summed E-state index contributed by atoms with van der Waals surface area (Å²) in [6.45, 7) is 4.52. The Morgan fingerprint density at radius 1 is 1.59 bits per heavy atom. The van der Waals surface area contributed by atoms with E-state index in [0.29, 0.717) is 18.2 Å². The zero-order chi connectivity index (χ0) is 12.3. The van der Waals surface area contributed by atoms with Gasteiger partial charge >= 0.3 is 0 Å². The van der Waals surface area contributed by atoms with E-state index in [1.807, 2.05) is 18.2 Å². The Morgan fingerprint density at radius 3 is 3.12 bits per heavy atom. The van der Waals surface area contributed by atoms with Gasteiger partial charge in [0.25, 0.3) is 0 Å².